The third kappa shape index (κ3) is 4.66. The van der Waals surface area contributed by atoms with Crippen LogP contribution < -0.4 is 10.5 Å². The Bertz CT molecular complexity index is 1140. The van der Waals surface area contributed by atoms with E-state index in [4.69, 9.17) is 15.1 Å². The number of nitrogens with zero attached hydrogens (tertiary/aromatic N) is 5. The molecule has 1 aliphatic heterocycles. The summed E-state index contributed by atoms with van der Waals surface area (Å²) in [6, 6.07) is 6.37. The maximum atomic E-state index is 13.5. The average molecular weight is 450 g/mol. The van der Waals surface area contributed by atoms with Gasteiger partial charge in [-0.2, -0.15) is 9.78 Å². The van der Waals surface area contributed by atoms with Gasteiger partial charge in [0, 0.05) is 30.3 Å². The van der Waals surface area contributed by atoms with Crippen LogP contribution in [0.2, 0.25) is 0 Å². The minimum atomic E-state index is -0.0710. The fourth-order valence-corrected chi connectivity index (χ4v) is 4.34. The highest BCUT2D eigenvalue weighted by Crippen LogP contribution is 2.29. The van der Waals surface area contributed by atoms with Crippen molar-refractivity contribution in [3.05, 3.63) is 51.2 Å². The van der Waals surface area contributed by atoms with E-state index >= 15 is 0 Å². The lowest BCUT2D eigenvalue weighted by Crippen LogP contribution is -2.28. The maximum Gasteiger partial charge on any atom is 0.278 e. The third-order valence-corrected chi connectivity index (χ3v) is 6.53. The molecular formula is C27H39N5O. The molecule has 3 rings (SSSR count). The zero-order chi connectivity index (χ0) is 24.4. The summed E-state index contributed by atoms with van der Waals surface area (Å²) in [6.07, 6.45) is 0.911. The lowest BCUT2D eigenvalue weighted by Gasteiger charge is -2.21. The molecular weight excluding hydrogens is 410 g/mol. The summed E-state index contributed by atoms with van der Waals surface area (Å²) in [7, 11) is 0. The van der Waals surface area contributed by atoms with E-state index in [0.717, 1.165) is 53.4 Å². The van der Waals surface area contributed by atoms with E-state index in [9.17, 15) is 4.79 Å². The van der Waals surface area contributed by atoms with E-state index in [0.29, 0.717) is 5.82 Å². The van der Waals surface area contributed by atoms with Crippen molar-refractivity contribution in [2.24, 2.45) is 16.0 Å². The molecule has 0 bridgehead atoms. The van der Waals surface area contributed by atoms with Gasteiger partial charge in [0.15, 0.2) is 5.82 Å². The molecule has 0 fully saturated rings. The van der Waals surface area contributed by atoms with Gasteiger partial charge in [0.25, 0.3) is 5.56 Å². The summed E-state index contributed by atoms with van der Waals surface area (Å²) < 4.78 is 1.49. The van der Waals surface area contributed by atoms with Crippen molar-refractivity contribution in [2.45, 2.75) is 80.6 Å². The molecule has 6 nitrogen and oxygen atoms in total. The Kier molecular flexibility index (Phi) is 7.55. The molecule has 0 N–H and O–H groups in total. The average Bonchev–Trinajstić information content (AvgIpc) is 3.14. The molecule has 0 saturated heterocycles. The Balaban J connectivity index is 2.23. The van der Waals surface area contributed by atoms with Crippen LogP contribution in [0.1, 0.15) is 96.3 Å². The fourth-order valence-electron chi connectivity index (χ4n) is 4.34. The minimum Gasteiger partial charge on any atom is -0.372 e. The van der Waals surface area contributed by atoms with Gasteiger partial charge in [-0.15, -0.1) is 0 Å². The van der Waals surface area contributed by atoms with Gasteiger partial charge >= 0.3 is 0 Å². The predicted octanol–water partition coefficient (Wildman–Crippen LogP) is 6.03. The van der Waals surface area contributed by atoms with Crippen LogP contribution in [-0.2, 0) is 0 Å². The monoisotopic (exact) mass is 449 g/mol. The molecule has 0 amide bonds. The van der Waals surface area contributed by atoms with Gasteiger partial charge < -0.3 is 4.90 Å². The van der Waals surface area contributed by atoms with Crippen LogP contribution in [0.15, 0.2) is 33.1 Å². The summed E-state index contributed by atoms with van der Waals surface area (Å²) in [5.74, 6) is 0.962. The first kappa shape index (κ1) is 24.9. The van der Waals surface area contributed by atoms with Crippen molar-refractivity contribution >= 4 is 22.8 Å². The van der Waals surface area contributed by atoms with Crippen LogP contribution in [0, 0.1) is 12.8 Å². The van der Waals surface area contributed by atoms with E-state index in [1.807, 2.05) is 13.8 Å². The van der Waals surface area contributed by atoms with E-state index in [1.165, 1.54) is 10.4 Å². The van der Waals surface area contributed by atoms with E-state index in [2.05, 4.69) is 71.6 Å². The number of aliphatic imine (C=N–C) groups is 1. The van der Waals surface area contributed by atoms with Crippen LogP contribution in [0.3, 0.4) is 0 Å². The van der Waals surface area contributed by atoms with Crippen LogP contribution >= 0.6 is 0 Å². The molecule has 6 heteroatoms. The molecule has 1 unspecified atom stereocenters. The predicted molar refractivity (Wildman–Crippen MR) is 140 cm³/mol. The van der Waals surface area contributed by atoms with E-state index in [1.54, 1.807) is 0 Å². The number of aromatic nitrogens is 2. The summed E-state index contributed by atoms with van der Waals surface area (Å²) in [5, 5.41) is 4.76. The van der Waals surface area contributed by atoms with Crippen LogP contribution in [-0.4, -0.2) is 34.2 Å². The molecule has 2 aromatic rings. The number of fused-ring (bicyclic) bond motifs is 1. The van der Waals surface area contributed by atoms with Crippen molar-refractivity contribution in [1.29, 1.82) is 0 Å². The second kappa shape index (κ2) is 10.0. The Morgan fingerprint density at radius 3 is 2.21 bits per heavy atom. The summed E-state index contributed by atoms with van der Waals surface area (Å²) >= 11 is 0. The second-order valence-corrected chi connectivity index (χ2v) is 9.56. The number of hydrogen-bond acceptors (Lipinski definition) is 5. The number of hydrogen-bond donors (Lipinski definition) is 0. The van der Waals surface area contributed by atoms with Crippen molar-refractivity contribution in [2.75, 3.05) is 18.0 Å². The molecule has 0 aliphatic carbocycles. The summed E-state index contributed by atoms with van der Waals surface area (Å²) in [6.45, 7) is 20.9. The van der Waals surface area contributed by atoms with Gasteiger partial charge in [-0.1, -0.05) is 41.5 Å². The molecule has 178 valence electrons. The molecule has 0 radical (unpaired) electrons. The molecule has 2 heterocycles. The van der Waals surface area contributed by atoms with Crippen LogP contribution in [0.4, 0.5) is 11.4 Å². The first-order chi connectivity index (χ1) is 15.6. The zero-order valence-corrected chi connectivity index (χ0v) is 21.7. The minimum absolute atomic E-state index is 0.0710. The molecule has 0 spiro atoms. The highest BCUT2D eigenvalue weighted by atomic mass is 16.1. The zero-order valence-electron chi connectivity index (χ0n) is 21.7. The SMILES string of the molecule is CCC(C)C1=Nn2c(nc(C(C)C)c(C(C)C)c2=O)C1=Nc1ccc(N(CC)CC)cc1C. The van der Waals surface area contributed by atoms with Gasteiger partial charge in [0.05, 0.1) is 17.1 Å². The molecule has 33 heavy (non-hydrogen) atoms. The molecule has 1 aromatic carbocycles. The van der Waals surface area contributed by atoms with Crippen molar-refractivity contribution < 1.29 is 0 Å². The second-order valence-electron chi connectivity index (χ2n) is 9.56. The fraction of sp³-hybridized carbons (Fsp3) is 0.556. The summed E-state index contributed by atoms with van der Waals surface area (Å²) in [5.41, 5.74) is 6.27. The van der Waals surface area contributed by atoms with Gasteiger partial charge in [-0.25, -0.2) is 9.98 Å². The lowest BCUT2D eigenvalue weighted by atomic mass is 9.95. The van der Waals surface area contributed by atoms with Crippen LogP contribution in [0.5, 0.6) is 0 Å². The van der Waals surface area contributed by atoms with Crippen LogP contribution in [0.25, 0.3) is 0 Å². The van der Waals surface area contributed by atoms with Crippen molar-refractivity contribution in [3.8, 4) is 0 Å². The first-order valence-electron chi connectivity index (χ1n) is 12.3. The normalized spacial score (nSPS) is 15.4. The van der Waals surface area contributed by atoms with Crippen molar-refractivity contribution in [3.63, 3.8) is 0 Å². The quantitative estimate of drug-likeness (QED) is 0.494. The Morgan fingerprint density at radius 2 is 1.70 bits per heavy atom. The van der Waals surface area contributed by atoms with E-state index in [-0.39, 0.29) is 23.3 Å². The Morgan fingerprint density at radius 1 is 1.03 bits per heavy atom. The topological polar surface area (TPSA) is 62.9 Å². The number of anilines is 1. The molecule has 1 aliphatic rings. The number of rotatable bonds is 8. The number of aryl methyl sites for hydroxylation is 1. The van der Waals surface area contributed by atoms with Gasteiger partial charge in [-0.3, -0.25) is 4.79 Å². The molecule has 1 aromatic heterocycles. The van der Waals surface area contributed by atoms with Gasteiger partial charge in [0.1, 0.15) is 5.71 Å². The smallest absolute Gasteiger partial charge is 0.278 e. The standard InChI is InChI=1S/C27H39N5O/c1-10-18(8)24-25(28-21-14-13-20(15-19(21)9)31(11-2)12-3)26-29-23(17(6)7)22(16(4)5)27(33)32(26)30-24/h13-18H,10-12H2,1-9H3. The molecule has 1 atom stereocenters. The number of benzene rings is 1. The first-order valence-corrected chi connectivity index (χ1v) is 12.3. The van der Waals surface area contributed by atoms with Gasteiger partial charge in [-0.05, 0) is 62.8 Å². The largest absolute Gasteiger partial charge is 0.372 e. The maximum absolute atomic E-state index is 13.5. The highest BCUT2D eigenvalue weighted by Gasteiger charge is 2.32. The molecule has 0 saturated carbocycles. The van der Waals surface area contributed by atoms with Crippen molar-refractivity contribution in [1.82, 2.24) is 9.66 Å². The highest BCUT2D eigenvalue weighted by molar-refractivity contribution is 6.49. The summed E-state index contributed by atoms with van der Waals surface area (Å²) in [4.78, 5) is 25.9. The Labute approximate surface area is 198 Å². The van der Waals surface area contributed by atoms with Gasteiger partial charge in [0.2, 0.25) is 0 Å². The Hall–Kier alpha value is -2.76. The third-order valence-electron chi connectivity index (χ3n) is 6.53. The lowest BCUT2D eigenvalue weighted by molar-refractivity contribution is 0.679. The van der Waals surface area contributed by atoms with E-state index < -0.39 is 0 Å².